The van der Waals surface area contributed by atoms with Gasteiger partial charge in [-0.05, 0) is 61.7 Å². The number of fused-ring (bicyclic) bond motifs is 1. The molecule has 2 aromatic carbocycles. The van der Waals surface area contributed by atoms with Gasteiger partial charge in [-0.2, -0.15) is 5.10 Å². The predicted octanol–water partition coefficient (Wildman–Crippen LogP) is 4.23. The molecule has 4 aromatic rings. The van der Waals surface area contributed by atoms with Gasteiger partial charge in [0.05, 0.1) is 31.0 Å². The van der Waals surface area contributed by atoms with Gasteiger partial charge < -0.3 is 19.6 Å². The molecule has 0 unspecified atom stereocenters. The summed E-state index contributed by atoms with van der Waals surface area (Å²) in [5.74, 6) is 0.960. The van der Waals surface area contributed by atoms with Crippen LogP contribution in [-0.4, -0.2) is 57.0 Å². The largest absolute Gasteiger partial charge is 0.497 e. The Hall–Kier alpha value is -3.98. The Morgan fingerprint density at radius 1 is 1.11 bits per heavy atom. The molecule has 1 saturated heterocycles. The Labute approximate surface area is 221 Å². The standard InChI is InChI=1S/C29H32FN5O3/c1-19-14-27(33(2)32-19)29(37)35(17-20-4-8-25(38-3)9-5-20)18-22-15-21-6-7-23(30)16-26(21)31-28(22)34-12-10-24(36)11-13-34/h4-9,14-16,24,36H,10-13,17-18H2,1-3H3. The number of anilines is 1. The number of carbonyl (C=O) groups excluding carboxylic acids is 1. The maximum atomic E-state index is 14.0. The second-order valence-electron chi connectivity index (χ2n) is 9.83. The van der Waals surface area contributed by atoms with E-state index in [-0.39, 0.29) is 17.8 Å². The minimum Gasteiger partial charge on any atom is -0.497 e. The number of methoxy groups -OCH3 is 1. The van der Waals surface area contributed by atoms with E-state index in [9.17, 15) is 14.3 Å². The van der Waals surface area contributed by atoms with Crippen LogP contribution in [0.1, 0.15) is 40.2 Å². The van der Waals surface area contributed by atoms with Crippen molar-refractivity contribution in [3.63, 3.8) is 0 Å². The maximum absolute atomic E-state index is 14.0. The number of aliphatic hydroxyl groups is 1. The Bertz CT molecular complexity index is 1440. The first-order valence-corrected chi connectivity index (χ1v) is 12.8. The Balaban J connectivity index is 1.55. The molecular formula is C29H32FN5O3. The number of piperidine rings is 1. The van der Waals surface area contributed by atoms with Crippen LogP contribution in [-0.2, 0) is 20.1 Å². The molecular weight excluding hydrogens is 485 g/mol. The molecule has 0 radical (unpaired) electrons. The lowest BCUT2D eigenvalue weighted by atomic mass is 10.1. The lowest BCUT2D eigenvalue weighted by molar-refractivity contribution is 0.0719. The first kappa shape index (κ1) is 25.7. The van der Waals surface area contributed by atoms with E-state index in [4.69, 9.17) is 9.72 Å². The summed E-state index contributed by atoms with van der Waals surface area (Å²) < 4.78 is 20.9. The average Bonchev–Trinajstić information content (AvgIpc) is 3.26. The first-order chi connectivity index (χ1) is 18.3. The van der Waals surface area contributed by atoms with Gasteiger partial charge in [-0.15, -0.1) is 0 Å². The third kappa shape index (κ3) is 5.47. The number of hydrogen-bond acceptors (Lipinski definition) is 6. The van der Waals surface area contributed by atoms with Gasteiger partial charge in [-0.25, -0.2) is 9.37 Å². The Morgan fingerprint density at radius 2 is 1.84 bits per heavy atom. The highest BCUT2D eigenvalue weighted by Crippen LogP contribution is 2.29. The Kier molecular flexibility index (Phi) is 7.28. The highest BCUT2D eigenvalue weighted by Gasteiger charge is 2.25. The van der Waals surface area contributed by atoms with Crippen LogP contribution >= 0.6 is 0 Å². The molecule has 1 amide bonds. The second kappa shape index (κ2) is 10.8. The van der Waals surface area contributed by atoms with Crippen LogP contribution in [0.25, 0.3) is 10.9 Å². The summed E-state index contributed by atoms with van der Waals surface area (Å²) in [5, 5.41) is 15.2. The van der Waals surface area contributed by atoms with Gasteiger partial charge in [0.2, 0.25) is 0 Å². The summed E-state index contributed by atoms with van der Waals surface area (Å²) in [4.78, 5) is 22.6. The number of ether oxygens (including phenoxy) is 1. The van der Waals surface area contributed by atoms with Gasteiger partial charge in [-0.3, -0.25) is 9.48 Å². The van der Waals surface area contributed by atoms with Crippen LogP contribution in [0, 0.1) is 12.7 Å². The minimum absolute atomic E-state index is 0.150. The number of halogens is 1. The van der Waals surface area contributed by atoms with Crippen LogP contribution in [0.3, 0.4) is 0 Å². The van der Waals surface area contributed by atoms with Gasteiger partial charge in [0.1, 0.15) is 23.1 Å². The number of aliphatic hydroxyl groups excluding tert-OH is 1. The number of pyridine rings is 1. The summed E-state index contributed by atoms with van der Waals surface area (Å²) in [5.41, 5.74) is 3.64. The summed E-state index contributed by atoms with van der Waals surface area (Å²) in [6, 6.07) is 16.0. The number of aryl methyl sites for hydroxylation is 2. The molecule has 1 fully saturated rings. The number of hydrogen-bond donors (Lipinski definition) is 1. The van der Waals surface area contributed by atoms with E-state index in [1.54, 1.807) is 35.9 Å². The van der Waals surface area contributed by atoms with E-state index in [1.807, 2.05) is 37.3 Å². The van der Waals surface area contributed by atoms with E-state index >= 15 is 0 Å². The highest BCUT2D eigenvalue weighted by molar-refractivity contribution is 5.93. The van der Waals surface area contributed by atoms with Gasteiger partial charge in [0.25, 0.3) is 5.91 Å². The number of benzene rings is 2. The van der Waals surface area contributed by atoms with Gasteiger partial charge >= 0.3 is 0 Å². The topological polar surface area (TPSA) is 83.7 Å². The molecule has 0 aliphatic carbocycles. The molecule has 0 saturated carbocycles. The molecule has 2 aromatic heterocycles. The summed E-state index contributed by atoms with van der Waals surface area (Å²) in [6.07, 6.45) is 0.921. The molecule has 1 N–H and O–H groups in total. The van der Waals surface area contributed by atoms with E-state index in [0.717, 1.165) is 28.0 Å². The van der Waals surface area contributed by atoms with Crippen molar-refractivity contribution in [1.29, 1.82) is 0 Å². The third-order valence-electron chi connectivity index (χ3n) is 7.00. The number of aromatic nitrogens is 3. The summed E-state index contributed by atoms with van der Waals surface area (Å²) in [6.45, 7) is 3.79. The third-order valence-corrected chi connectivity index (χ3v) is 7.00. The molecule has 0 atom stereocenters. The van der Waals surface area contributed by atoms with Crippen molar-refractivity contribution in [3.05, 3.63) is 82.9 Å². The van der Waals surface area contributed by atoms with Crippen LogP contribution in [0.2, 0.25) is 0 Å². The fraction of sp³-hybridized carbons (Fsp3) is 0.345. The zero-order valence-electron chi connectivity index (χ0n) is 21.9. The molecule has 5 rings (SSSR count). The molecule has 8 nitrogen and oxygen atoms in total. The van der Waals surface area contributed by atoms with Crippen molar-refractivity contribution < 1.29 is 19.0 Å². The maximum Gasteiger partial charge on any atom is 0.272 e. The average molecular weight is 518 g/mol. The minimum atomic E-state index is -0.347. The fourth-order valence-corrected chi connectivity index (χ4v) is 4.97. The van der Waals surface area contributed by atoms with Gasteiger partial charge in [0, 0.05) is 43.7 Å². The fourth-order valence-electron chi connectivity index (χ4n) is 4.97. The molecule has 198 valence electrons. The number of amides is 1. The van der Waals surface area contributed by atoms with Crippen molar-refractivity contribution in [3.8, 4) is 5.75 Å². The predicted molar refractivity (Wildman–Crippen MR) is 144 cm³/mol. The van der Waals surface area contributed by atoms with E-state index in [2.05, 4.69) is 10.00 Å². The van der Waals surface area contributed by atoms with Crippen molar-refractivity contribution in [2.75, 3.05) is 25.1 Å². The van der Waals surface area contributed by atoms with E-state index < -0.39 is 0 Å². The van der Waals surface area contributed by atoms with Crippen LogP contribution in [0.5, 0.6) is 5.75 Å². The molecule has 38 heavy (non-hydrogen) atoms. The highest BCUT2D eigenvalue weighted by atomic mass is 19.1. The monoisotopic (exact) mass is 517 g/mol. The molecule has 1 aliphatic rings. The molecule has 0 spiro atoms. The molecule has 9 heteroatoms. The molecule has 1 aliphatic heterocycles. The second-order valence-corrected chi connectivity index (χ2v) is 9.83. The molecule has 0 bridgehead atoms. The zero-order chi connectivity index (χ0) is 26.8. The van der Waals surface area contributed by atoms with E-state index in [1.165, 1.54) is 12.1 Å². The molecule has 3 heterocycles. The Morgan fingerprint density at radius 3 is 2.50 bits per heavy atom. The van der Waals surface area contributed by atoms with Crippen molar-refractivity contribution in [1.82, 2.24) is 19.7 Å². The number of nitrogens with zero attached hydrogens (tertiary/aromatic N) is 5. The van der Waals surface area contributed by atoms with Gasteiger partial charge in [0.15, 0.2) is 0 Å². The normalized spacial score (nSPS) is 14.2. The van der Waals surface area contributed by atoms with Gasteiger partial charge in [-0.1, -0.05) is 12.1 Å². The SMILES string of the molecule is COc1ccc(CN(Cc2cc3ccc(F)cc3nc2N2CCC(O)CC2)C(=O)c2cc(C)nn2C)cc1. The summed E-state index contributed by atoms with van der Waals surface area (Å²) in [7, 11) is 3.39. The number of rotatable bonds is 7. The van der Waals surface area contributed by atoms with Crippen molar-refractivity contribution >= 4 is 22.6 Å². The van der Waals surface area contributed by atoms with E-state index in [0.29, 0.717) is 56.0 Å². The zero-order valence-corrected chi connectivity index (χ0v) is 21.9. The van der Waals surface area contributed by atoms with Crippen LogP contribution < -0.4 is 9.64 Å². The van der Waals surface area contributed by atoms with Crippen LogP contribution in [0.15, 0.2) is 54.6 Å². The summed E-state index contributed by atoms with van der Waals surface area (Å²) >= 11 is 0. The smallest absolute Gasteiger partial charge is 0.272 e. The lowest BCUT2D eigenvalue weighted by Crippen LogP contribution is -2.38. The first-order valence-electron chi connectivity index (χ1n) is 12.8. The quantitative estimate of drug-likeness (QED) is 0.395. The van der Waals surface area contributed by atoms with Crippen molar-refractivity contribution in [2.24, 2.45) is 7.05 Å². The number of carbonyl (C=O) groups is 1. The van der Waals surface area contributed by atoms with Crippen LogP contribution in [0.4, 0.5) is 10.2 Å². The lowest BCUT2D eigenvalue weighted by Gasteiger charge is -2.33. The van der Waals surface area contributed by atoms with Crippen molar-refractivity contribution in [2.45, 2.75) is 39.0 Å².